The molecule has 0 aliphatic heterocycles. The van der Waals surface area contributed by atoms with Crippen LogP contribution in [0.25, 0.3) is 0 Å². The molecular weight excluding hydrogens is 366 g/mol. The second kappa shape index (κ2) is 11.1. The summed E-state index contributed by atoms with van der Waals surface area (Å²) >= 11 is 0. The fourth-order valence-electron chi connectivity index (χ4n) is 2.80. The molecule has 5 nitrogen and oxygen atoms in total. The molecule has 1 aromatic rings. The van der Waals surface area contributed by atoms with Crippen molar-refractivity contribution in [2.75, 3.05) is 13.7 Å². The Morgan fingerprint density at radius 3 is 2.50 bits per heavy atom. The number of methoxy groups -OCH3 is 1. The maximum atomic E-state index is 14.3. The van der Waals surface area contributed by atoms with E-state index in [-0.39, 0.29) is 41.2 Å². The Kier molecular flexibility index (Phi) is 9.52. The summed E-state index contributed by atoms with van der Waals surface area (Å²) < 4.78 is 39.5. The van der Waals surface area contributed by atoms with E-state index in [0.717, 1.165) is 6.21 Å². The van der Waals surface area contributed by atoms with Crippen molar-refractivity contribution in [2.45, 2.75) is 65.0 Å². The van der Waals surface area contributed by atoms with Gasteiger partial charge in [-0.1, -0.05) is 27.7 Å². The molecule has 0 saturated carbocycles. The summed E-state index contributed by atoms with van der Waals surface area (Å²) in [6.07, 6.45) is 0.857. The van der Waals surface area contributed by atoms with Crippen LogP contribution in [0.4, 0.5) is 8.78 Å². The van der Waals surface area contributed by atoms with Gasteiger partial charge in [0.15, 0.2) is 6.10 Å². The molecule has 0 fully saturated rings. The number of rotatable bonds is 12. The second-order valence-electron chi connectivity index (χ2n) is 7.26. The van der Waals surface area contributed by atoms with Crippen LogP contribution < -0.4 is 10.1 Å². The van der Waals surface area contributed by atoms with Gasteiger partial charge in [-0.15, -0.1) is 0 Å². The van der Waals surface area contributed by atoms with Crippen LogP contribution in [0.2, 0.25) is 0 Å². The van der Waals surface area contributed by atoms with Gasteiger partial charge in [0.05, 0.1) is 12.6 Å². The fourth-order valence-corrected chi connectivity index (χ4v) is 2.80. The molecule has 7 heteroatoms. The van der Waals surface area contributed by atoms with Crippen LogP contribution in [0, 0.1) is 11.3 Å². The molecule has 2 N–H and O–H groups in total. The highest BCUT2D eigenvalue weighted by Gasteiger charge is 2.32. The molecule has 0 saturated heterocycles. The highest BCUT2D eigenvalue weighted by atomic mass is 19.3. The Hall–Kier alpha value is -2.02. The maximum Gasteiger partial charge on any atom is 0.273 e. The monoisotopic (exact) mass is 398 g/mol. The summed E-state index contributed by atoms with van der Waals surface area (Å²) in [4.78, 5) is 12.7. The number of benzene rings is 1. The first-order chi connectivity index (χ1) is 13.2. The molecule has 1 amide bonds. The van der Waals surface area contributed by atoms with E-state index in [4.69, 9.17) is 14.9 Å². The van der Waals surface area contributed by atoms with Crippen LogP contribution >= 0.6 is 0 Å². The van der Waals surface area contributed by atoms with Crippen LogP contribution in [-0.4, -0.2) is 38.0 Å². The zero-order valence-electron chi connectivity index (χ0n) is 17.4. The normalized spacial score (nSPS) is 13.9. The Morgan fingerprint density at radius 1 is 1.32 bits per heavy atom. The van der Waals surface area contributed by atoms with Crippen molar-refractivity contribution >= 4 is 12.1 Å². The molecule has 0 aliphatic carbocycles. The molecule has 2 atom stereocenters. The van der Waals surface area contributed by atoms with E-state index < -0.39 is 12.0 Å². The average molecular weight is 398 g/mol. The molecule has 158 valence electrons. The summed E-state index contributed by atoms with van der Waals surface area (Å²) in [7, 11) is 1.57. The number of hydrogen-bond acceptors (Lipinski definition) is 4. The highest BCUT2D eigenvalue weighted by molar-refractivity contribution is 5.82. The first-order valence-electron chi connectivity index (χ1n) is 9.67. The quantitative estimate of drug-likeness (QED) is 0.509. The third-order valence-corrected chi connectivity index (χ3v) is 4.48. The first-order valence-corrected chi connectivity index (χ1v) is 9.67. The Bertz CT molecular complexity index is 651. The van der Waals surface area contributed by atoms with Gasteiger partial charge in [-0.25, -0.2) is 8.78 Å². The van der Waals surface area contributed by atoms with Crippen molar-refractivity contribution < 1.29 is 23.0 Å². The summed E-state index contributed by atoms with van der Waals surface area (Å²) in [5.41, 5.74) is -0.132. The number of hydrogen-bond donors (Lipinski definition) is 2. The molecule has 0 aromatic heterocycles. The van der Waals surface area contributed by atoms with Crippen molar-refractivity contribution in [3.05, 3.63) is 29.3 Å². The molecular formula is C21H32F2N2O3. The minimum atomic E-state index is -3.08. The molecule has 0 spiro atoms. The van der Waals surface area contributed by atoms with Crippen LogP contribution in [0.15, 0.2) is 18.2 Å². The number of alkyl halides is 2. The smallest absolute Gasteiger partial charge is 0.273 e. The van der Waals surface area contributed by atoms with Gasteiger partial charge in [0.25, 0.3) is 11.8 Å². The van der Waals surface area contributed by atoms with E-state index in [2.05, 4.69) is 5.32 Å². The number of nitrogens with one attached hydrogen (secondary N) is 2. The zero-order chi connectivity index (χ0) is 21.3. The van der Waals surface area contributed by atoms with E-state index in [9.17, 15) is 13.6 Å². The highest BCUT2D eigenvalue weighted by Crippen LogP contribution is 2.35. The minimum absolute atomic E-state index is 0.134. The summed E-state index contributed by atoms with van der Waals surface area (Å²) in [6, 6.07) is 4.03. The standard InChI is InChI=1S/C21H32F2N2O3/c1-6-16(13-27-5)25-20(26)19(10-14(3)4)28-17-9-8-15(12-24)18(11-17)21(22,23)7-2/h8-9,11-12,14,16,19,24H,6-7,10,13H2,1-5H3,(H,25,26). The number of halogens is 2. The predicted octanol–water partition coefficient (Wildman–Crippen LogP) is 4.52. The Balaban J connectivity index is 3.10. The van der Waals surface area contributed by atoms with E-state index >= 15 is 0 Å². The molecule has 1 aromatic carbocycles. The van der Waals surface area contributed by atoms with Crippen LogP contribution in [0.1, 0.15) is 58.1 Å². The second-order valence-corrected chi connectivity index (χ2v) is 7.26. The van der Waals surface area contributed by atoms with Gasteiger partial charge >= 0.3 is 0 Å². The van der Waals surface area contributed by atoms with Gasteiger partial charge < -0.3 is 20.2 Å². The van der Waals surface area contributed by atoms with E-state index in [0.29, 0.717) is 19.4 Å². The molecule has 0 radical (unpaired) electrons. The summed E-state index contributed by atoms with van der Waals surface area (Å²) in [5, 5.41) is 10.3. The number of amides is 1. The number of ether oxygens (including phenoxy) is 2. The van der Waals surface area contributed by atoms with Gasteiger partial charge in [-0.05, 0) is 37.0 Å². The van der Waals surface area contributed by atoms with Gasteiger partial charge in [-0.3, -0.25) is 4.79 Å². The van der Waals surface area contributed by atoms with Crippen LogP contribution in [0.3, 0.4) is 0 Å². The fraction of sp³-hybridized carbons (Fsp3) is 0.619. The molecule has 1 rings (SSSR count). The van der Waals surface area contributed by atoms with E-state index in [1.807, 2.05) is 20.8 Å². The topological polar surface area (TPSA) is 71.4 Å². The summed E-state index contributed by atoms with van der Waals surface area (Å²) in [6.45, 7) is 7.64. The minimum Gasteiger partial charge on any atom is -0.481 e. The van der Waals surface area contributed by atoms with E-state index in [1.54, 1.807) is 7.11 Å². The van der Waals surface area contributed by atoms with Crippen molar-refractivity contribution in [1.82, 2.24) is 5.32 Å². The maximum absolute atomic E-state index is 14.3. The van der Waals surface area contributed by atoms with Crippen molar-refractivity contribution in [2.24, 2.45) is 5.92 Å². The molecule has 0 bridgehead atoms. The van der Waals surface area contributed by atoms with Gasteiger partial charge in [0.2, 0.25) is 0 Å². The van der Waals surface area contributed by atoms with Crippen LogP contribution in [0.5, 0.6) is 5.75 Å². The van der Waals surface area contributed by atoms with Crippen molar-refractivity contribution in [3.8, 4) is 5.75 Å². The third-order valence-electron chi connectivity index (χ3n) is 4.48. The lowest BCUT2D eigenvalue weighted by Crippen LogP contribution is -2.45. The van der Waals surface area contributed by atoms with Gasteiger partial charge in [0, 0.05) is 30.9 Å². The number of carbonyl (C=O) groups excluding carboxylic acids is 1. The molecule has 0 heterocycles. The lowest BCUT2D eigenvalue weighted by atomic mass is 9.99. The van der Waals surface area contributed by atoms with E-state index in [1.165, 1.54) is 25.1 Å². The lowest BCUT2D eigenvalue weighted by Gasteiger charge is -2.24. The molecule has 2 unspecified atom stereocenters. The molecule has 28 heavy (non-hydrogen) atoms. The Labute approximate surface area is 166 Å². The lowest BCUT2D eigenvalue weighted by molar-refractivity contribution is -0.129. The Morgan fingerprint density at radius 2 is 2.00 bits per heavy atom. The zero-order valence-corrected chi connectivity index (χ0v) is 17.4. The predicted molar refractivity (Wildman–Crippen MR) is 106 cm³/mol. The first kappa shape index (κ1) is 24.0. The van der Waals surface area contributed by atoms with Crippen LogP contribution in [-0.2, 0) is 15.5 Å². The largest absolute Gasteiger partial charge is 0.481 e. The summed E-state index contributed by atoms with van der Waals surface area (Å²) in [5.74, 6) is -3.00. The van der Waals surface area contributed by atoms with Crippen molar-refractivity contribution in [1.29, 1.82) is 5.41 Å². The number of carbonyl (C=O) groups is 1. The van der Waals surface area contributed by atoms with Crippen molar-refractivity contribution in [3.63, 3.8) is 0 Å². The SMILES string of the molecule is CCC(COC)NC(=O)C(CC(C)C)Oc1ccc(C=N)c(C(F)(F)CC)c1. The molecule has 0 aliphatic rings. The third kappa shape index (κ3) is 6.86. The average Bonchev–Trinajstić information content (AvgIpc) is 2.66. The van der Waals surface area contributed by atoms with Gasteiger partial charge in [-0.2, -0.15) is 0 Å². The van der Waals surface area contributed by atoms with Gasteiger partial charge in [0.1, 0.15) is 5.75 Å².